The highest BCUT2D eigenvalue weighted by atomic mass is 35.5. The van der Waals surface area contributed by atoms with Gasteiger partial charge in [-0.25, -0.2) is 18.2 Å². The van der Waals surface area contributed by atoms with E-state index in [4.69, 9.17) is 11.6 Å². The van der Waals surface area contributed by atoms with Gasteiger partial charge in [0.15, 0.2) is 0 Å². The lowest BCUT2D eigenvalue weighted by Crippen LogP contribution is -2.39. The third kappa shape index (κ3) is 5.70. The molecule has 1 heterocycles. The quantitative estimate of drug-likeness (QED) is 0.670. The molecule has 2 rings (SSSR count). The van der Waals surface area contributed by atoms with E-state index in [1.807, 2.05) is 13.8 Å². The monoisotopic (exact) mass is 443 g/mol. The molecule has 0 fully saturated rings. The minimum Gasteiger partial charge on any atom is -0.465 e. The second-order valence-corrected chi connectivity index (χ2v) is 10.2. The molecule has 1 unspecified atom stereocenters. The van der Waals surface area contributed by atoms with E-state index in [0.717, 1.165) is 6.26 Å². The van der Waals surface area contributed by atoms with Gasteiger partial charge in [0.05, 0.1) is 27.7 Å². The summed E-state index contributed by atoms with van der Waals surface area (Å²) in [4.78, 5) is 30.8. The number of rotatable bonds is 8. The van der Waals surface area contributed by atoms with Gasteiger partial charge < -0.3 is 5.11 Å². The molecule has 0 bridgehead atoms. The van der Waals surface area contributed by atoms with Crippen LogP contribution in [0.5, 0.6) is 0 Å². The van der Waals surface area contributed by atoms with E-state index in [9.17, 15) is 23.1 Å². The Bertz CT molecular complexity index is 1070. The fourth-order valence-corrected chi connectivity index (χ4v) is 4.10. The van der Waals surface area contributed by atoms with Crippen LogP contribution < -0.4 is 5.56 Å². The molecule has 0 aliphatic rings. The van der Waals surface area contributed by atoms with Gasteiger partial charge in [-0.15, -0.1) is 0 Å². The second-order valence-electron chi connectivity index (χ2n) is 7.55. The molecular weight excluding hydrogens is 418 g/mol. The van der Waals surface area contributed by atoms with Crippen molar-refractivity contribution < 1.29 is 18.3 Å². The van der Waals surface area contributed by atoms with Crippen LogP contribution in [0.3, 0.4) is 0 Å². The van der Waals surface area contributed by atoms with Crippen LogP contribution in [0.1, 0.15) is 39.1 Å². The smallest absolute Gasteiger partial charge is 0.407 e. The minimum absolute atomic E-state index is 0.0776. The van der Waals surface area contributed by atoms with Crippen molar-refractivity contribution >= 4 is 38.4 Å². The molecule has 0 spiro atoms. The standard InChI is InChI=1S/C19H26ClN3O5S/c1-12(2)11-23(19(25)26)13(3)17-21-15-8-5-7-14(20)16(15)18(24)22(17)9-6-10-29(4,27)28/h5,7-8,12-13H,6,9-11H2,1-4H3,(H,25,26). The van der Waals surface area contributed by atoms with Gasteiger partial charge in [0.2, 0.25) is 0 Å². The number of hydrogen-bond donors (Lipinski definition) is 1. The molecule has 0 aliphatic carbocycles. The lowest BCUT2D eigenvalue weighted by atomic mass is 10.1. The van der Waals surface area contributed by atoms with E-state index in [1.54, 1.807) is 25.1 Å². The van der Waals surface area contributed by atoms with Gasteiger partial charge in [-0.05, 0) is 31.4 Å². The molecule has 10 heteroatoms. The van der Waals surface area contributed by atoms with Crippen LogP contribution in [0.25, 0.3) is 10.9 Å². The van der Waals surface area contributed by atoms with Crippen molar-refractivity contribution in [3.63, 3.8) is 0 Å². The van der Waals surface area contributed by atoms with Crippen molar-refractivity contribution in [2.75, 3.05) is 18.6 Å². The van der Waals surface area contributed by atoms with Gasteiger partial charge in [0.25, 0.3) is 5.56 Å². The van der Waals surface area contributed by atoms with Crippen molar-refractivity contribution in [2.45, 2.75) is 39.8 Å². The Labute approximate surface area is 175 Å². The van der Waals surface area contributed by atoms with E-state index in [2.05, 4.69) is 4.98 Å². The number of benzene rings is 1. The van der Waals surface area contributed by atoms with Crippen molar-refractivity contribution in [3.8, 4) is 0 Å². The Hall–Kier alpha value is -2.13. The van der Waals surface area contributed by atoms with Crippen molar-refractivity contribution in [3.05, 3.63) is 39.4 Å². The van der Waals surface area contributed by atoms with Crippen molar-refractivity contribution in [1.29, 1.82) is 0 Å². The Balaban J connectivity index is 2.63. The van der Waals surface area contributed by atoms with E-state index < -0.39 is 27.5 Å². The summed E-state index contributed by atoms with van der Waals surface area (Å²) >= 11 is 6.20. The summed E-state index contributed by atoms with van der Waals surface area (Å²) in [6, 6.07) is 4.19. The summed E-state index contributed by atoms with van der Waals surface area (Å²) in [5.74, 6) is 0.248. The molecule has 29 heavy (non-hydrogen) atoms. The first kappa shape index (κ1) is 23.2. The second kappa shape index (κ2) is 9.13. The predicted molar refractivity (Wildman–Crippen MR) is 113 cm³/mol. The zero-order valence-electron chi connectivity index (χ0n) is 16.9. The average molecular weight is 444 g/mol. The summed E-state index contributed by atoms with van der Waals surface area (Å²) in [6.07, 6.45) is 0.214. The summed E-state index contributed by atoms with van der Waals surface area (Å²) in [5.41, 5.74) is -0.0376. The highest BCUT2D eigenvalue weighted by Gasteiger charge is 2.27. The van der Waals surface area contributed by atoms with E-state index >= 15 is 0 Å². The summed E-state index contributed by atoms with van der Waals surface area (Å²) in [7, 11) is -3.20. The van der Waals surface area contributed by atoms with Gasteiger partial charge in [-0.2, -0.15) is 0 Å². The Morgan fingerprint density at radius 1 is 1.31 bits per heavy atom. The van der Waals surface area contributed by atoms with E-state index in [-0.39, 0.29) is 47.4 Å². The number of aromatic nitrogens is 2. The van der Waals surface area contributed by atoms with Gasteiger partial charge in [-0.3, -0.25) is 14.3 Å². The summed E-state index contributed by atoms with van der Waals surface area (Å²) in [5, 5.41) is 10.1. The third-order valence-electron chi connectivity index (χ3n) is 4.51. The number of fused-ring (bicyclic) bond motifs is 1. The fraction of sp³-hybridized carbons (Fsp3) is 0.526. The van der Waals surface area contributed by atoms with Gasteiger partial charge >= 0.3 is 6.09 Å². The maximum absolute atomic E-state index is 13.2. The zero-order chi connectivity index (χ0) is 21.9. The first-order chi connectivity index (χ1) is 13.4. The first-order valence-corrected chi connectivity index (χ1v) is 11.7. The van der Waals surface area contributed by atoms with E-state index in [0.29, 0.717) is 5.52 Å². The lowest BCUT2D eigenvalue weighted by Gasteiger charge is -2.29. The highest BCUT2D eigenvalue weighted by Crippen LogP contribution is 2.24. The third-order valence-corrected chi connectivity index (χ3v) is 5.85. The number of amides is 1. The van der Waals surface area contributed by atoms with Crippen LogP contribution in [0.15, 0.2) is 23.0 Å². The maximum atomic E-state index is 13.2. The van der Waals surface area contributed by atoms with Gasteiger partial charge in [0.1, 0.15) is 15.7 Å². The molecule has 1 aromatic carbocycles. The predicted octanol–water partition coefficient (Wildman–Crippen LogP) is 3.18. The van der Waals surface area contributed by atoms with Crippen LogP contribution in [-0.4, -0.2) is 52.6 Å². The molecule has 2 aromatic rings. The van der Waals surface area contributed by atoms with Crippen molar-refractivity contribution in [2.24, 2.45) is 5.92 Å². The Morgan fingerprint density at radius 3 is 2.52 bits per heavy atom. The van der Waals surface area contributed by atoms with Crippen LogP contribution in [0.2, 0.25) is 5.02 Å². The van der Waals surface area contributed by atoms with Crippen LogP contribution in [-0.2, 0) is 16.4 Å². The minimum atomic E-state index is -3.20. The largest absolute Gasteiger partial charge is 0.465 e. The Kier molecular flexibility index (Phi) is 7.29. The number of hydrogen-bond acceptors (Lipinski definition) is 5. The van der Waals surface area contributed by atoms with Crippen molar-refractivity contribution in [1.82, 2.24) is 14.5 Å². The average Bonchev–Trinajstić information content (AvgIpc) is 2.59. The van der Waals surface area contributed by atoms with E-state index in [1.165, 1.54) is 9.47 Å². The number of nitrogens with zero attached hydrogens (tertiary/aromatic N) is 3. The molecule has 1 aromatic heterocycles. The maximum Gasteiger partial charge on any atom is 0.407 e. The molecule has 0 saturated carbocycles. The summed E-state index contributed by atoms with van der Waals surface area (Å²) in [6.45, 7) is 5.82. The molecule has 1 atom stereocenters. The molecule has 0 radical (unpaired) electrons. The number of carbonyl (C=O) groups is 1. The molecule has 8 nitrogen and oxygen atoms in total. The molecule has 160 valence electrons. The molecule has 1 N–H and O–H groups in total. The molecule has 0 aliphatic heterocycles. The first-order valence-electron chi connectivity index (χ1n) is 9.28. The molecule has 0 saturated heterocycles. The number of sulfone groups is 1. The normalized spacial score (nSPS) is 13.0. The van der Waals surface area contributed by atoms with Gasteiger partial charge in [-0.1, -0.05) is 31.5 Å². The SMILES string of the molecule is CC(C)CN(C(=O)O)C(C)c1nc2cccc(Cl)c2c(=O)n1CCCS(C)(=O)=O. The fourth-order valence-electron chi connectivity index (χ4n) is 3.19. The Morgan fingerprint density at radius 2 is 1.97 bits per heavy atom. The molecular formula is C19H26ClN3O5S. The zero-order valence-corrected chi connectivity index (χ0v) is 18.5. The number of halogens is 1. The topological polar surface area (TPSA) is 110 Å². The summed E-state index contributed by atoms with van der Waals surface area (Å²) < 4.78 is 24.3. The van der Waals surface area contributed by atoms with Crippen LogP contribution in [0.4, 0.5) is 4.79 Å². The number of carboxylic acid groups (broad SMARTS) is 1. The highest BCUT2D eigenvalue weighted by molar-refractivity contribution is 7.90. The molecule has 1 amide bonds. The van der Waals surface area contributed by atoms with Crippen LogP contribution >= 0.6 is 11.6 Å². The van der Waals surface area contributed by atoms with Crippen LogP contribution in [0, 0.1) is 5.92 Å². The van der Waals surface area contributed by atoms with Gasteiger partial charge in [0, 0.05) is 19.3 Å². The lowest BCUT2D eigenvalue weighted by molar-refractivity contribution is 0.117.